The Balaban J connectivity index is 4.64. The van der Waals surface area contributed by atoms with Crippen LogP contribution in [-0.2, 0) is 19.2 Å². The average Bonchev–Trinajstić information content (AvgIpc) is 2.21. The minimum absolute atomic E-state index is 0.0682. The maximum Gasteiger partial charge on any atom is 0.321 e. The van der Waals surface area contributed by atoms with Gasteiger partial charge in [-0.05, 0) is 0 Å². The van der Waals surface area contributed by atoms with Gasteiger partial charge in [-0.2, -0.15) is 0 Å². The highest BCUT2D eigenvalue weighted by molar-refractivity contribution is 5.91. The third-order valence-corrected chi connectivity index (χ3v) is 2.04. The van der Waals surface area contributed by atoms with Crippen LogP contribution in [0.25, 0.3) is 0 Å². The van der Waals surface area contributed by atoms with Crippen molar-refractivity contribution in [2.45, 2.75) is 25.3 Å². The summed E-state index contributed by atoms with van der Waals surface area (Å²) in [4.78, 5) is 42.5. The van der Waals surface area contributed by atoms with Crippen molar-refractivity contribution >= 4 is 24.0 Å². The molecule has 0 bridgehead atoms. The van der Waals surface area contributed by atoms with E-state index in [-0.39, 0.29) is 12.8 Å². The highest BCUT2D eigenvalue weighted by Gasteiger charge is 2.31. The zero-order chi connectivity index (χ0) is 12.7. The summed E-state index contributed by atoms with van der Waals surface area (Å²) in [6, 6.07) is -1.56. The van der Waals surface area contributed by atoms with Crippen LogP contribution in [0.4, 0.5) is 0 Å². The van der Waals surface area contributed by atoms with Crippen LogP contribution in [0.5, 0.6) is 0 Å². The van der Waals surface area contributed by atoms with Gasteiger partial charge in [-0.1, -0.05) is 0 Å². The molecule has 0 fully saturated rings. The summed E-state index contributed by atoms with van der Waals surface area (Å²) in [6.45, 7) is 0. The normalized spacial score (nSPS) is 13.8. The third-order valence-electron chi connectivity index (χ3n) is 2.04. The number of nitrogens with two attached hydrogens (primary N) is 1. The van der Waals surface area contributed by atoms with Gasteiger partial charge in [-0.25, -0.2) is 0 Å². The molecule has 0 aliphatic rings. The number of Topliss-reactive ketones (excluding diaryl/α,β-unsaturated/α-hetero) is 1. The molecule has 0 aromatic heterocycles. The van der Waals surface area contributed by atoms with Gasteiger partial charge in [0.05, 0.1) is 12.3 Å². The van der Waals surface area contributed by atoms with Crippen molar-refractivity contribution in [1.82, 2.24) is 0 Å². The highest BCUT2D eigenvalue weighted by Crippen LogP contribution is 2.12. The van der Waals surface area contributed by atoms with Gasteiger partial charge in [0.2, 0.25) is 0 Å². The standard InChI is InChI=1S/C9H13NO6/c10-8(9(15)16)5(4-7(13)14)6(12)2-1-3-11/h3,5,8H,1-2,4,10H2,(H,13,14)(H,15,16). The molecule has 90 valence electrons. The molecule has 0 heterocycles. The Labute approximate surface area is 91.2 Å². The van der Waals surface area contributed by atoms with E-state index >= 15 is 0 Å². The van der Waals surface area contributed by atoms with Crippen LogP contribution in [0.1, 0.15) is 19.3 Å². The number of hydrogen-bond donors (Lipinski definition) is 3. The number of carbonyl (C=O) groups excluding carboxylic acids is 2. The monoisotopic (exact) mass is 231 g/mol. The van der Waals surface area contributed by atoms with Crippen LogP contribution in [0, 0.1) is 5.92 Å². The van der Waals surface area contributed by atoms with Gasteiger partial charge in [0.15, 0.2) is 0 Å². The Bertz CT molecular complexity index is 300. The van der Waals surface area contributed by atoms with Gasteiger partial charge in [-0.15, -0.1) is 0 Å². The molecule has 16 heavy (non-hydrogen) atoms. The summed E-state index contributed by atoms with van der Waals surface area (Å²) in [5.74, 6) is -4.66. The summed E-state index contributed by atoms with van der Waals surface area (Å²) in [5.41, 5.74) is 5.21. The molecule has 0 saturated heterocycles. The van der Waals surface area contributed by atoms with Gasteiger partial charge >= 0.3 is 11.9 Å². The Kier molecular flexibility index (Phi) is 5.94. The molecule has 0 amide bonds. The fraction of sp³-hybridized carbons (Fsp3) is 0.556. The molecule has 0 saturated carbocycles. The number of aliphatic carboxylic acids is 2. The second-order valence-corrected chi connectivity index (χ2v) is 3.24. The van der Waals surface area contributed by atoms with Crippen LogP contribution >= 0.6 is 0 Å². The Morgan fingerprint density at radius 3 is 2.19 bits per heavy atom. The summed E-state index contributed by atoms with van der Waals surface area (Å²) >= 11 is 0. The molecule has 4 N–H and O–H groups in total. The van der Waals surface area contributed by atoms with Crippen molar-refractivity contribution < 1.29 is 29.4 Å². The molecule has 0 aromatic carbocycles. The second-order valence-electron chi connectivity index (χ2n) is 3.24. The van der Waals surface area contributed by atoms with Crippen molar-refractivity contribution in [3.05, 3.63) is 0 Å². The number of hydrogen-bond acceptors (Lipinski definition) is 5. The molecule has 2 unspecified atom stereocenters. The van der Waals surface area contributed by atoms with Crippen LogP contribution < -0.4 is 5.73 Å². The number of rotatable bonds is 8. The summed E-state index contributed by atoms with van der Waals surface area (Å²) < 4.78 is 0. The summed E-state index contributed by atoms with van der Waals surface area (Å²) in [7, 11) is 0. The van der Waals surface area contributed by atoms with E-state index in [0.29, 0.717) is 6.29 Å². The van der Waals surface area contributed by atoms with E-state index in [4.69, 9.17) is 15.9 Å². The van der Waals surface area contributed by atoms with Gasteiger partial charge in [0, 0.05) is 12.8 Å². The molecule has 2 atom stereocenters. The highest BCUT2D eigenvalue weighted by atomic mass is 16.4. The minimum atomic E-state index is -1.56. The van der Waals surface area contributed by atoms with Gasteiger partial charge < -0.3 is 20.7 Å². The first kappa shape index (κ1) is 14.2. The number of aldehydes is 1. The average molecular weight is 231 g/mol. The predicted molar refractivity (Wildman–Crippen MR) is 51.7 cm³/mol. The van der Waals surface area contributed by atoms with Crippen LogP contribution in [0.15, 0.2) is 0 Å². The van der Waals surface area contributed by atoms with E-state index < -0.39 is 36.1 Å². The molecular formula is C9H13NO6. The lowest BCUT2D eigenvalue weighted by Gasteiger charge is -2.17. The van der Waals surface area contributed by atoms with E-state index in [1.54, 1.807) is 0 Å². The molecule has 7 nitrogen and oxygen atoms in total. The lowest BCUT2D eigenvalue weighted by atomic mass is 9.90. The van der Waals surface area contributed by atoms with E-state index in [1.807, 2.05) is 0 Å². The first-order valence-electron chi connectivity index (χ1n) is 4.56. The maximum absolute atomic E-state index is 11.4. The molecule has 7 heteroatoms. The van der Waals surface area contributed by atoms with Crippen LogP contribution in [0.2, 0.25) is 0 Å². The van der Waals surface area contributed by atoms with E-state index in [0.717, 1.165) is 0 Å². The lowest BCUT2D eigenvalue weighted by molar-refractivity contribution is -0.146. The van der Waals surface area contributed by atoms with Crippen molar-refractivity contribution in [3.8, 4) is 0 Å². The zero-order valence-corrected chi connectivity index (χ0v) is 8.46. The first-order valence-corrected chi connectivity index (χ1v) is 4.56. The molecule has 0 spiro atoms. The predicted octanol–water partition coefficient (Wildman–Crippen LogP) is -0.963. The topological polar surface area (TPSA) is 135 Å². The van der Waals surface area contributed by atoms with Crippen molar-refractivity contribution in [1.29, 1.82) is 0 Å². The number of carboxylic acid groups (broad SMARTS) is 2. The first-order chi connectivity index (χ1) is 7.40. The van der Waals surface area contributed by atoms with Crippen LogP contribution in [0.3, 0.4) is 0 Å². The number of carboxylic acids is 2. The molecule has 0 aliphatic carbocycles. The van der Waals surface area contributed by atoms with E-state index in [1.165, 1.54) is 0 Å². The van der Waals surface area contributed by atoms with Gasteiger partial charge in [0.1, 0.15) is 18.1 Å². The van der Waals surface area contributed by atoms with Crippen molar-refractivity contribution in [3.63, 3.8) is 0 Å². The second kappa shape index (κ2) is 6.67. The number of carbonyl (C=O) groups is 4. The molecule has 0 rings (SSSR count). The molecule has 0 aromatic rings. The molecule has 0 radical (unpaired) electrons. The smallest absolute Gasteiger partial charge is 0.321 e. The molecular weight excluding hydrogens is 218 g/mol. The van der Waals surface area contributed by atoms with Crippen molar-refractivity contribution in [2.75, 3.05) is 0 Å². The summed E-state index contributed by atoms with van der Waals surface area (Å²) in [6.07, 6.45) is -0.406. The van der Waals surface area contributed by atoms with Gasteiger partial charge in [-0.3, -0.25) is 14.4 Å². The van der Waals surface area contributed by atoms with Crippen LogP contribution in [-0.4, -0.2) is 40.3 Å². The SMILES string of the molecule is NC(C(=O)O)C(CC(=O)O)C(=O)CCC=O. The maximum atomic E-state index is 11.4. The van der Waals surface area contributed by atoms with Gasteiger partial charge in [0.25, 0.3) is 0 Å². The minimum Gasteiger partial charge on any atom is -0.481 e. The third kappa shape index (κ3) is 4.65. The Morgan fingerprint density at radius 1 is 1.25 bits per heavy atom. The van der Waals surface area contributed by atoms with Crippen molar-refractivity contribution in [2.24, 2.45) is 11.7 Å². The zero-order valence-electron chi connectivity index (χ0n) is 8.46. The Morgan fingerprint density at radius 2 is 1.81 bits per heavy atom. The fourth-order valence-electron chi connectivity index (χ4n) is 1.19. The fourth-order valence-corrected chi connectivity index (χ4v) is 1.19. The quantitative estimate of drug-likeness (QED) is 0.457. The number of ketones is 1. The molecule has 0 aliphatic heterocycles. The van der Waals surface area contributed by atoms with E-state index in [2.05, 4.69) is 0 Å². The van der Waals surface area contributed by atoms with E-state index in [9.17, 15) is 19.2 Å². The Hall–Kier alpha value is -1.76. The summed E-state index contributed by atoms with van der Waals surface area (Å²) in [5, 5.41) is 17.1. The largest absolute Gasteiger partial charge is 0.481 e. The lowest BCUT2D eigenvalue weighted by Crippen LogP contribution is -2.43.